The molecule has 0 fully saturated rings. The van der Waals surface area contributed by atoms with Crippen molar-refractivity contribution in [1.29, 1.82) is 0 Å². The summed E-state index contributed by atoms with van der Waals surface area (Å²) in [4.78, 5) is 19.7. The summed E-state index contributed by atoms with van der Waals surface area (Å²) in [6.45, 7) is 1.46. The van der Waals surface area contributed by atoms with Gasteiger partial charge in [0.05, 0.1) is 5.69 Å². The van der Waals surface area contributed by atoms with Crippen molar-refractivity contribution in [2.75, 3.05) is 16.4 Å². The van der Waals surface area contributed by atoms with Gasteiger partial charge in [-0.2, -0.15) is 0 Å². The summed E-state index contributed by atoms with van der Waals surface area (Å²) in [5.74, 6) is 0.998. The molecule has 0 spiro atoms. The lowest BCUT2D eigenvalue weighted by molar-refractivity contribution is -0.114. The van der Waals surface area contributed by atoms with Gasteiger partial charge in [0.15, 0.2) is 5.82 Å². The summed E-state index contributed by atoms with van der Waals surface area (Å²) in [5, 5.41) is 5.93. The second kappa shape index (κ2) is 7.94. The van der Waals surface area contributed by atoms with E-state index in [-0.39, 0.29) is 5.91 Å². The number of nitrogens with zero attached hydrogens (tertiary/aromatic N) is 2. The molecule has 6 heteroatoms. The third kappa shape index (κ3) is 4.45. The fourth-order valence-corrected chi connectivity index (χ4v) is 2.39. The highest BCUT2D eigenvalue weighted by Crippen LogP contribution is 2.22. The van der Waals surface area contributed by atoms with E-state index >= 15 is 0 Å². The van der Waals surface area contributed by atoms with Crippen molar-refractivity contribution in [3.8, 4) is 0 Å². The topological polar surface area (TPSA) is 92.9 Å². The molecule has 26 heavy (non-hydrogen) atoms. The van der Waals surface area contributed by atoms with Gasteiger partial charge in [-0.15, -0.1) is 0 Å². The molecule has 0 atom stereocenters. The Morgan fingerprint density at radius 1 is 1.00 bits per heavy atom. The number of nitrogens with two attached hydrogens (primary N) is 1. The molecule has 0 aliphatic rings. The highest BCUT2D eigenvalue weighted by atomic mass is 16.1. The standard InChI is InChI=1S/C20H19N5O/c1-14(26)24-19-16(6-3-11-22-19)10-9-15-5-2-7-17(13-15)25-20-18(21)8-4-12-23-20/h2-13H,21H2,1H3,(H,23,25)(H,22,24,26). The number of anilines is 4. The number of carbonyl (C=O) groups excluding carboxylic acids is 1. The Kier molecular flexibility index (Phi) is 5.24. The highest BCUT2D eigenvalue weighted by molar-refractivity contribution is 5.90. The van der Waals surface area contributed by atoms with Gasteiger partial charge in [-0.05, 0) is 42.0 Å². The minimum atomic E-state index is -0.155. The van der Waals surface area contributed by atoms with Crippen molar-refractivity contribution >= 4 is 41.1 Å². The molecule has 0 unspecified atom stereocenters. The van der Waals surface area contributed by atoms with Gasteiger partial charge < -0.3 is 16.4 Å². The van der Waals surface area contributed by atoms with E-state index in [1.54, 1.807) is 24.5 Å². The average molecular weight is 345 g/mol. The zero-order valence-corrected chi connectivity index (χ0v) is 14.3. The number of pyridine rings is 2. The van der Waals surface area contributed by atoms with Crippen molar-refractivity contribution < 1.29 is 4.79 Å². The zero-order chi connectivity index (χ0) is 18.4. The fraction of sp³-hybridized carbons (Fsp3) is 0.0500. The molecule has 3 aromatic rings. The van der Waals surface area contributed by atoms with E-state index in [4.69, 9.17) is 5.73 Å². The first-order valence-corrected chi connectivity index (χ1v) is 8.10. The number of carbonyl (C=O) groups is 1. The van der Waals surface area contributed by atoms with Crippen LogP contribution in [0.1, 0.15) is 18.1 Å². The number of hydrogen-bond acceptors (Lipinski definition) is 5. The van der Waals surface area contributed by atoms with E-state index in [1.807, 2.05) is 48.6 Å². The van der Waals surface area contributed by atoms with Gasteiger partial charge in [0, 0.05) is 30.6 Å². The van der Waals surface area contributed by atoms with E-state index in [0.29, 0.717) is 17.3 Å². The summed E-state index contributed by atoms with van der Waals surface area (Å²) in [6, 6.07) is 15.2. The fourth-order valence-electron chi connectivity index (χ4n) is 2.39. The van der Waals surface area contributed by atoms with Gasteiger partial charge in [-0.25, -0.2) is 9.97 Å². The molecule has 0 saturated heterocycles. The van der Waals surface area contributed by atoms with E-state index in [2.05, 4.69) is 20.6 Å². The number of nitrogens with one attached hydrogen (secondary N) is 2. The lowest BCUT2D eigenvalue weighted by Crippen LogP contribution is -2.08. The lowest BCUT2D eigenvalue weighted by Gasteiger charge is -2.08. The minimum absolute atomic E-state index is 0.155. The van der Waals surface area contributed by atoms with Gasteiger partial charge in [0.25, 0.3) is 0 Å². The van der Waals surface area contributed by atoms with Gasteiger partial charge >= 0.3 is 0 Å². The van der Waals surface area contributed by atoms with Crippen LogP contribution >= 0.6 is 0 Å². The monoisotopic (exact) mass is 345 g/mol. The van der Waals surface area contributed by atoms with Crippen molar-refractivity contribution in [3.05, 3.63) is 72.1 Å². The van der Waals surface area contributed by atoms with Gasteiger partial charge in [0.1, 0.15) is 5.82 Å². The van der Waals surface area contributed by atoms with Crippen LogP contribution in [0.15, 0.2) is 60.9 Å². The SMILES string of the molecule is CC(=O)Nc1ncccc1C=Cc1cccc(Nc2ncccc2N)c1. The normalized spacial score (nSPS) is 10.7. The van der Waals surface area contributed by atoms with Crippen LogP contribution < -0.4 is 16.4 Å². The molecule has 0 bridgehead atoms. The molecule has 3 rings (SSSR count). The van der Waals surface area contributed by atoms with Crippen LogP contribution in [0.3, 0.4) is 0 Å². The number of benzene rings is 1. The third-order valence-electron chi connectivity index (χ3n) is 3.58. The minimum Gasteiger partial charge on any atom is -0.396 e. The van der Waals surface area contributed by atoms with Crippen LogP contribution in [-0.4, -0.2) is 15.9 Å². The molecule has 0 aliphatic heterocycles. The second-order valence-electron chi connectivity index (χ2n) is 5.65. The quantitative estimate of drug-likeness (QED) is 0.651. The molecule has 130 valence electrons. The predicted molar refractivity (Wildman–Crippen MR) is 106 cm³/mol. The number of aromatic nitrogens is 2. The van der Waals surface area contributed by atoms with E-state index in [1.165, 1.54) is 6.92 Å². The Hall–Kier alpha value is -3.67. The summed E-state index contributed by atoms with van der Waals surface area (Å²) >= 11 is 0. The van der Waals surface area contributed by atoms with Gasteiger partial charge in [-0.3, -0.25) is 4.79 Å². The second-order valence-corrected chi connectivity index (χ2v) is 5.65. The van der Waals surface area contributed by atoms with Crippen LogP contribution in [0.4, 0.5) is 23.0 Å². The summed E-state index contributed by atoms with van der Waals surface area (Å²) < 4.78 is 0. The Morgan fingerprint density at radius 2 is 1.77 bits per heavy atom. The summed E-state index contributed by atoms with van der Waals surface area (Å²) in [5.41, 5.74) is 9.20. The smallest absolute Gasteiger partial charge is 0.222 e. The number of amides is 1. The van der Waals surface area contributed by atoms with Crippen LogP contribution in [0.5, 0.6) is 0 Å². The first-order chi connectivity index (χ1) is 12.6. The Morgan fingerprint density at radius 3 is 2.54 bits per heavy atom. The van der Waals surface area contributed by atoms with Gasteiger partial charge in [0.2, 0.25) is 5.91 Å². The molecule has 2 aromatic heterocycles. The molecule has 1 aromatic carbocycles. The molecular formula is C20H19N5O. The molecule has 4 N–H and O–H groups in total. The van der Waals surface area contributed by atoms with Crippen LogP contribution in [-0.2, 0) is 4.79 Å². The number of hydrogen-bond donors (Lipinski definition) is 3. The maximum Gasteiger partial charge on any atom is 0.222 e. The highest BCUT2D eigenvalue weighted by Gasteiger charge is 2.03. The maximum absolute atomic E-state index is 11.3. The molecule has 2 heterocycles. The van der Waals surface area contributed by atoms with Gasteiger partial charge in [-0.1, -0.05) is 24.3 Å². The largest absolute Gasteiger partial charge is 0.396 e. The number of rotatable bonds is 5. The van der Waals surface area contributed by atoms with E-state index in [9.17, 15) is 4.79 Å². The van der Waals surface area contributed by atoms with Crippen molar-refractivity contribution in [1.82, 2.24) is 9.97 Å². The zero-order valence-electron chi connectivity index (χ0n) is 14.3. The molecule has 0 saturated carbocycles. The van der Waals surface area contributed by atoms with Crippen LogP contribution in [0.2, 0.25) is 0 Å². The molecule has 0 radical (unpaired) electrons. The van der Waals surface area contributed by atoms with E-state index in [0.717, 1.165) is 16.8 Å². The average Bonchev–Trinajstić information content (AvgIpc) is 2.63. The van der Waals surface area contributed by atoms with Crippen molar-refractivity contribution in [2.45, 2.75) is 6.92 Å². The van der Waals surface area contributed by atoms with Crippen LogP contribution in [0, 0.1) is 0 Å². The third-order valence-corrected chi connectivity index (χ3v) is 3.58. The maximum atomic E-state index is 11.3. The molecular weight excluding hydrogens is 326 g/mol. The lowest BCUT2D eigenvalue weighted by atomic mass is 10.1. The Labute approximate surface area is 151 Å². The van der Waals surface area contributed by atoms with Crippen molar-refractivity contribution in [2.24, 2.45) is 0 Å². The van der Waals surface area contributed by atoms with Crippen molar-refractivity contribution in [3.63, 3.8) is 0 Å². The summed E-state index contributed by atoms with van der Waals surface area (Å²) in [6.07, 6.45) is 7.20. The summed E-state index contributed by atoms with van der Waals surface area (Å²) in [7, 11) is 0. The first-order valence-electron chi connectivity index (χ1n) is 8.10. The predicted octanol–water partition coefficient (Wildman–Crippen LogP) is 3.93. The molecule has 6 nitrogen and oxygen atoms in total. The Bertz CT molecular complexity index is 952. The molecule has 1 amide bonds. The number of nitrogen functional groups attached to an aromatic ring is 1. The Balaban J connectivity index is 1.80. The molecule has 0 aliphatic carbocycles. The van der Waals surface area contributed by atoms with Crippen LogP contribution in [0.25, 0.3) is 12.2 Å². The van der Waals surface area contributed by atoms with E-state index < -0.39 is 0 Å². The first kappa shape index (κ1) is 17.2.